The van der Waals surface area contributed by atoms with Gasteiger partial charge in [-0.25, -0.2) is 4.98 Å². The number of anilines is 1. The number of rotatable bonds is 5. The maximum absolute atomic E-state index is 4.49. The second-order valence-electron chi connectivity index (χ2n) is 5.80. The standard InChI is InChI=1S/C17H22N4/c1-14-4-2-6-17(20-14)19-11-16-7-9-21(13-16)12-15-5-3-8-18-10-15/h2-6,8,10,16H,7,9,11-13H2,1H3,(H,19,20)/t16-/m0/s1. The van der Waals surface area contributed by atoms with Gasteiger partial charge in [-0.3, -0.25) is 9.88 Å². The van der Waals surface area contributed by atoms with Crippen molar-refractivity contribution in [2.45, 2.75) is 19.9 Å². The van der Waals surface area contributed by atoms with E-state index >= 15 is 0 Å². The SMILES string of the molecule is Cc1cccc(NC[C@@H]2CCN(Cc3cccnc3)C2)n1. The lowest BCUT2D eigenvalue weighted by molar-refractivity contribution is 0.318. The number of nitrogens with one attached hydrogen (secondary N) is 1. The first-order valence-electron chi connectivity index (χ1n) is 7.58. The molecule has 4 heteroatoms. The maximum atomic E-state index is 4.49. The summed E-state index contributed by atoms with van der Waals surface area (Å²) in [4.78, 5) is 11.2. The van der Waals surface area contributed by atoms with Crippen molar-refractivity contribution in [2.24, 2.45) is 5.92 Å². The van der Waals surface area contributed by atoms with E-state index in [1.165, 1.54) is 18.5 Å². The van der Waals surface area contributed by atoms with E-state index in [4.69, 9.17) is 0 Å². The Kier molecular flexibility index (Phi) is 4.46. The fourth-order valence-electron chi connectivity index (χ4n) is 2.86. The summed E-state index contributed by atoms with van der Waals surface area (Å²) >= 11 is 0. The molecule has 0 bridgehead atoms. The van der Waals surface area contributed by atoms with Crippen LogP contribution < -0.4 is 5.32 Å². The zero-order valence-electron chi connectivity index (χ0n) is 12.5. The van der Waals surface area contributed by atoms with Crippen molar-refractivity contribution in [3.63, 3.8) is 0 Å². The molecule has 0 saturated carbocycles. The number of likely N-dealkylation sites (tertiary alicyclic amines) is 1. The molecule has 21 heavy (non-hydrogen) atoms. The van der Waals surface area contributed by atoms with E-state index in [1.807, 2.05) is 43.6 Å². The number of hydrogen-bond donors (Lipinski definition) is 1. The van der Waals surface area contributed by atoms with Crippen LogP contribution in [0.25, 0.3) is 0 Å². The first-order chi connectivity index (χ1) is 10.3. The summed E-state index contributed by atoms with van der Waals surface area (Å²) in [5.41, 5.74) is 2.36. The number of nitrogens with zero attached hydrogens (tertiary/aromatic N) is 3. The monoisotopic (exact) mass is 282 g/mol. The van der Waals surface area contributed by atoms with Crippen LogP contribution in [0.5, 0.6) is 0 Å². The average Bonchev–Trinajstić information content (AvgIpc) is 2.94. The van der Waals surface area contributed by atoms with E-state index in [1.54, 1.807) is 0 Å². The summed E-state index contributed by atoms with van der Waals surface area (Å²) < 4.78 is 0. The minimum absolute atomic E-state index is 0.698. The van der Waals surface area contributed by atoms with Crippen molar-refractivity contribution in [2.75, 3.05) is 25.0 Å². The molecular weight excluding hydrogens is 260 g/mol. The molecule has 1 aliphatic rings. The van der Waals surface area contributed by atoms with Gasteiger partial charge in [0, 0.05) is 37.7 Å². The van der Waals surface area contributed by atoms with E-state index in [0.29, 0.717) is 5.92 Å². The summed E-state index contributed by atoms with van der Waals surface area (Å²) in [5.74, 6) is 1.68. The molecule has 0 amide bonds. The molecule has 2 aromatic rings. The van der Waals surface area contributed by atoms with E-state index in [9.17, 15) is 0 Å². The minimum Gasteiger partial charge on any atom is -0.370 e. The van der Waals surface area contributed by atoms with E-state index in [2.05, 4.69) is 26.3 Å². The molecular formula is C17H22N4. The smallest absolute Gasteiger partial charge is 0.126 e. The van der Waals surface area contributed by atoms with Crippen LogP contribution in [0, 0.1) is 12.8 Å². The van der Waals surface area contributed by atoms with E-state index < -0.39 is 0 Å². The molecule has 4 nitrogen and oxygen atoms in total. The fraction of sp³-hybridized carbons (Fsp3) is 0.412. The lowest BCUT2D eigenvalue weighted by Crippen LogP contribution is -2.22. The number of aryl methyl sites for hydroxylation is 1. The molecule has 2 aromatic heterocycles. The van der Waals surface area contributed by atoms with Gasteiger partial charge >= 0.3 is 0 Å². The van der Waals surface area contributed by atoms with Gasteiger partial charge in [0.2, 0.25) is 0 Å². The Morgan fingerprint density at radius 2 is 2.24 bits per heavy atom. The molecule has 0 aromatic carbocycles. The summed E-state index contributed by atoms with van der Waals surface area (Å²) in [6.07, 6.45) is 5.04. The van der Waals surface area contributed by atoms with Crippen molar-refractivity contribution < 1.29 is 0 Å². The van der Waals surface area contributed by atoms with Gasteiger partial charge in [0.15, 0.2) is 0 Å². The molecule has 3 rings (SSSR count). The largest absolute Gasteiger partial charge is 0.370 e. The predicted octanol–water partition coefficient (Wildman–Crippen LogP) is 2.72. The van der Waals surface area contributed by atoms with Crippen LogP contribution in [0.15, 0.2) is 42.7 Å². The highest BCUT2D eigenvalue weighted by atomic mass is 15.2. The zero-order valence-corrected chi connectivity index (χ0v) is 12.5. The average molecular weight is 282 g/mol. The van der Waals surface area contributed by atoms with Gasteiger partial charge in [-0.05, 0) is 49.6 Å². The van der Waals surface area contributed by atoms with Crippen molar-refractivity contribution in [3.05, 3.63) is 54.0 Å². The highest BCUT2D eigenvalue weighted by Gasteiger charge is 2.22. The summed E-state index contributed by atoms with van der Waals surface area (Å²) in [6.45, 7) is 6.35. The third-order valence-corrected chi connectivity index (χ3v) is 3.96. The third kappa shape index (κ3) is 4.02. The van der Waals surface area contributed by atoms with Crippen LogP contribution in [0.2, 0.25) is 0 Å². The quantitative estimate of drug-likeness (QED) is 0.915. The van der Waals surface area contributed by atoms with Gasteiger partial charge in [0.25, 0.3) is 0 Å². The Balaban J connectivity index is 1.46. The molecule has 1 aliphatic heterocycles. The van der Waals surface area contributed by atoms with Gasteiger partial charge in [-0.1, -0.05) is 12.1 Å². The second-order valence-corrected chi connectivity index (χ2v) is 5.80. The van der Waals surface area contributed by atoms with Crippen LogP contribution in [0.4, 0.5) is 5.82 Å². The van der Waals surface area contributed by atoms with Crippen LogP contribution in [0.3, 0.4) is 0 Å². The van der Waals surface area contributed by atoms with Gasteiger partial charge in [0.05, 0.1) is 0 Å². The second kappa shape index (κ2) is 6.68. The van der Waals surface area contributed by atoms with Crippen molar-refractivity contribution in [1.82, 2.24) is 14.9 Å². The fourth-order valence-corrected chi connectivity index (χ4v) is 2.86. The molecule has 0 radical (unpaired) electrons. The first-order valence-corrected chi connectivity index (χ1v) is 7.58. The molecule has 3 heterocycles. The van der Waals surface area contributed by atoms with Crippen LogP contribution >= 0.6 is 0 Å². The molecule has 0 aliphatic carbocycles. The normalized spacial score (nSPS) is 18.8. The van der Waals surface area contributed by atoms with Crippen molar-refractivity contribution >= 4 is 5.82 Å². The predicted molar refractivity (Wildman–Crippen MR) is 85.1 cm³/mol. The maximum Gasteiger partial charge on any atom is 0.126 e. The lowest BCUT2D eigenvalue weighted by atomic mass is 10.1. The molecule has 1 N–H and O–H groups in total. The molecule has 0 unspecified atom stereocenters. The summed E-state index contributed by atoms with van der Waals surface area (Å²) in [6, 6.07) is 10.3. The van der Waals surface area contributed by atoms with Crippen LogP contribution in [-0.4, -0.2) is 34.5 Å². The first kappa shape index (κ1) is 14.0. The van der Waals surface area contributed by atoms with Gasteiger partial charge < -0.3 is 5.32 Å². The van der Waals surface area contributed by atoms with Crippen molar-refractivity contribution in [1.29, 1.82) is 0 Å². The van der Waals surface area contributed by atoms with Crippen molar-refractivity contribution in [3.8, 4) is 0 Å². The van der Waals surface area contributed by atoms with Gasteiger partial charge in [-0.2, -0.15) is 0 Å². The van der Waals surface area contributed by atoms with E-state index in [-0.39, 0.29) is 0 Å². The third-order valence-electron chi connectivity index (χ3n) is 3.96. The lowest BCUT2D eigenvalue weighted by Gasteiger charge is -2.16. The highest BCUT2D eigenvalue weighted by Crippen LogP contribution is 2.19. The van der Waals surface area contributed by atoms with Gasteiger partial charge in [-0.15, -0.1) is 0 Å². The molecule has 1 atom stereocenters. The van der Waals surface area contributed by atoms with E-state index in [0.717, 1.165) is 31.1 Å². The van der Waals surface area contributed by atoms with Crippen LogP contribution in [0.1, 0.15) is 17.7 Å². The Hall–Kier alpha value is -1.94. The Morgan fingerprint density at radius 1 is 1.29 bits per heavy atom. The number of pyridine rings is 2. The Labute approximate surface area is 126 Å². The van der Waals surface area contributed by atoms with Crippen LogP contribution in [-0.2, 0) is 6.54 Å². The number of aromatic nitrogens is 2. The summed E-state index contributed by atoms with van der Waals surface area (Å²) in [7, 11) is 0. The minimum atomic E-state index is 0.698. The molecule has 1 fully saturated rings. The van der Waals surface area contributed by atoms with Gasteiger partial charge in [0.1, 0.15) is 5.82 Å². The number of hydrogen-bond acceptors (Lipinski definition) is 4. The summed E-state index contributed by atoms with van der Waals surface area (Å²) in [5, 5.41) is 3.46. The highest BCUT2D eigenvalue weighted by molar-refractivity contribution is 5.35. The Bertz CT molecular complexity index is 570. The topological polar surface area (TPSA) is 41.0 Å². The zero-order chi connectivity index (χ0) is 14.5. The Morgan fingerprint density at radius 3 is 3.05 bits per heavy atom. The molecule has 0 spiro atoms. The molecule has 1 saturated heterocycles. The molecule has 110 valence electrons.